The molecule has 0 spiro atoms. The number of rotatable bonds is 6. The summed E-state index contributed by atoms with van der Waals surface area (Å²) in [6.07, 6.45) is 0.883. The third kappa shape index (κ3) is 4.04. The van der Waals surface area contributed by atoms with E-state index in [1.165, 1.54) is 5.56 Å². The van der Waals surface area contributed by atoms with Gasteiger partial charge >= 0.3 is 6.01 Å². The van der Waals surface area contributed by atoms with Crippen LogP contribution in [0.25, 0.3) is 0 Å². The van der Waals surface area contributed by atoms with Crippen molar-refractivity contribution >= 4 is 23.2 Å². The van der Waals surface area contributed by atoms with Crippen LogP contribution in [0.15, 0.2) is 24.3 Å². The molecular formula is C15H19ClN4O. The van der Waals surface area contributed by atoms with Gasteiger partial charge in [0.05, 0.1) is 6.61 Å². The monoisotopic (exact) mass is 306 g/mol. The van der Waals surface area contributed by atoms with Crippen LogP contribution in [0.4, 0.5) is 11.6 Å². The molecular weight excluding hydrogens is 288 g/mol. The second-order valence-electron chi connectivity index (χ2n) is 4.62. The lowest BCUT2D eigenvalue weighted by molar-refractivity contribution is 0.291. The van der Waals surface area contributed by atoms with Gasteiger partial charge in [-0.3, -0.25) is 0 Å². The average Bonchev–Trinajstić information content (AvgIpc) is 2.45. The van der Waals surface area contributed by atoms with Gasteiger partial charge in [0.15, 0.2) is 0 Å². The van der Waals surface area contributed by atoms with Gasteiger partial charge in [-0.2, -0.15) is 15.0 Å². The predicted molar refractivity (Wildman–Crippen MR) is 84.5 cm³/mol. The Morgan fingerprint density at radius 1 is 1.19 bits per heavy atom. The van der Waals surface area contributed by atoms with E-state index in [4.69, 9.17) is 16.3 Å². The van der Waals surface area contributed by atoms with E-state index in [-0.39, 0.29) is 11.3 Å². The van der Waals surface area contributed by atoms with Crippen molar-refractivity contribution in [2.24, 2.45) is 0 Å². The molecule has 0 bridgehead atoms. The van der Waals surface area contributed by atoms with E-state index in [0.717, 1.165) is 18.7 Å². The molecule has 2 rings (SSSR count). The predicted octanol–water partition coefficient (Wildman–Crippen LogP) is 3.78. The standard InChI is InChI=1S/C15H19ClN4O/c1-4-9-21-15-18-13(16)17-14(19-15)20(5-2)12-8-6-7-11(3)10-12/h6-8,10H,4-5,9H2,1-3H3. The number of hydrogen-bond acceptors (Lipinski definition) is 5. The van der Waals surface area contributed by atoms with Gasteiger partial charge < -0.3 is 9.64 Å². The quantitative estimate of drug-likeness (QED) is 0.813. The van der Waals surface area contributed by atoms with Gasteiger partial charge in [-0.25, -0.2) is 0 Å². The van der Waals surface area contributed by atoms with E-state index in [2.05, 4.69) is 21.0 Å². The van der Waals surface area contributed by atoms with Crippen molar-refractivity contribution in [3.05, 3.63) is 35.1 Å². The maximum atomic E-state index is 5.98. The minimum absolute atomic E-state index is 0.136. The molecule has 0 atom stereocenters. The second kappa shape index (κ2) is 7.22. The largest absolute Gasteiger partial charge is 0.463 e. The Balaban J connectivity index is 2.35. The number of benzene rings is 1. The highest BCUT2D eigenvalue weighted by atomic mass is 35.5. The highest BCUT2D eigenvalue weighted by molar-refractivity contribution is 6.28. The molecule has 0 N–H and O–H groups in total. The summed E-state index contributed by atoms with van der Waals surface area (Å²) in [5.41, 5.74) is 2.19. The van der Waals surface area contributed by atoms with E-state index in [9.17, 15) is 0 Å². The summed E-state index contributed by atoms with van der Waals surface area (Å²) in [6, 6.07) is 8.41. The van der Waals surface area contributed by atoms with Crippen molar-refractivity contribution in [2.45, 2.75) is 27.2 Å². The number of ether oxygens (including phenoxy) is 1. The van der Waals surface area contributed by atoms with E-state index in [1.807, 2.05) is 43.9 Å². The summed E-state index contributed by atoms with van der Waals surface area (Å²) in [6.45, 7) is 7.38. The molecule has 2 aromatic rings. The Hall–Kier alpha value is -1.88. The normalized spacial score (nSPS) is 10.5. The fraction of sp³-hybridized carbons (Fsp3) is 0.400. The highest BCUT2D eigenvalue weighted by Crippen LogP contribution is 2.24. The number of halogens is 1. The van der Waals surface area contributed by atoms with Crippen molar-refractivity contribution in [2.75, 3.05) is 18.1 Å². The van der Waals surface area contributed by atoms with Gasteiger partial charge in [-0.1, -0.05) is 19.1 Å². The number of aryl methyl sites for hydroxylation is 1. The molecule has 0 fully saturated rings. The van der Waals surface area contributed by atoms with Crippen LogP contribution in [0.1, 0.15) is 25.8 Å². The smallest absolute Gasteiger partial charge is 0.322 e. The Kier molecular flexibility index (Phi) is 5.33. The lowest BCUT2D eigenvalue weighted by Crippen LogP contribution is -2.20. The summed E-state index contributed by atoms with van der Waals surface area (Å²) in [5.74, 6) is 0.495. The minimum atomic E-state index is 0.136. The van der Waals surface area contributed by atoms with Crippen LogP contribution < -0.4 is 9.64 Å². The van der Waals surface area contributed by atoms with Crippen LogP contribution in [-0.2, 0) is 0 Å². The van der Waals surface area contributed by atoms with Crippen molar-refractivity contribution in [1.82, 2.24) is 15.0 Å². The summed E-state index contributed by atoms with van der Waals surface area (Å²) in [7, 11) is 0. The third-order valence-corrected chi connectivity index (χ3v) is 3.05. The molecule has 0 radical (unpaired) electrons. The molecule has 0 aliphatic rings. The lowest BCUT2D eigenvalue weighted by Gasteiger charge is -2.21. The molecule has 1 aromatic heterocycles. The molecule has 0 aliphatic carbocycles. The molecule has 0 saturated heterocycles. The zero-order chi connectivity index (χ0) is 15.2. The molecule has 0 aliphatic heterocycles. The second-order valence-corrected chi connectivity index (χ2v) is 4.96. The highest BCUT2D eigenvalue weighted by Gasteiger charge is 2.14. The number of nitrogens with zero attached hydrogens (tertiary/aromatic N) is 4. The van der Waals surface area contributed by atoms with Gasteiger partial charge in [0.25, 0.3) is 0 Å². The molecule has 0 saturated carbocycles. The van der Waals surface area contributed by atoms with Gasteiger partial charge in [0.1, 0.15) is 0 Å². The van der Waals surface area contributed by atoms with Gasteiger partial charge in [-0.15, -0.1) is 0 Å². The SMILES string of the molecule is CCCOc1nc(Cl)nc(N(CC)c2cccc(C)c2)n1. The summed E-state index contributed by atoms with van der Waals surface area (Å²) in [4.78, 5) is 14.5. The number of hydrogen-bond donors (Lipinski definition) is 0. The third-order valence-electron chi connectivity index (χ3n) is 2.88. The molecule has 0 unspecified atom stereocenters. The molecule has 1 heterocycles. The van der Waals surface area contributed by atoms with Crippen LogP contribution in [0, 0.1) is 6.92 Å². The molecule has 5 nitrogen and oxygen atoms in total. The van der Waals surface area contributed by atoms with Crippen LogP contribution in [0.3, 0.4) is 0 Å². The van der Waals surface area contributed by atoms with Crippen molar-refractivity contribution in [1.29, 1.82) is 0 Å². The molecule has 0 amide bonds. The number of aromatic nitrogens is 3. The fourth-order valence-corrected chi connectivity index (χ4v) is 2.08. The average molecular weight is 307 g/mol. The molecule has 21 heavy (non-hydrogen) atoms. The lowest BCUT2D eigenvalue weighted by atomic mass is 10.2. The van der Waals surface area contributed by atoms with Crippen molar-refractivity contribution < 1.29 is 4.74 Å². The van der Waals surface area contributed by atoms with Crippen molar-refractivity contribution in [3.8, 4) is 6.01 Å². The maximum absolute atomic E-state index is 5.98. The topological polar surface area (TPSA) is 51.1 Å². The Labute approximate surface area is 130 Å². The fourth-order valence-electron chi connectivity index (χ4n) is 1.94. The molecule has 1 aromatic carbocycles. The van der Waals surface area contributed by atoms with Gasteiger partial charge in [-0.05, 0) is 49.6 Å². The van der Waals surface area contributed by atoms with E-state index in [0.29, 0.717) is 12.6 Å². The zero-order valence-electron chi connectivity index (χ0n) is 12.5. The maximum Gasteiger partial charge on any atom is 0.322 e. The van der Waals surface area contributed by atoms with E-state index < -0.39 is 0 Å². The van der Waals surface area contributed by atoms with E-state index >= 15 is 0 Å². The van der Waals surface area contributed by atoms with Crippen LogP contribution in [0.5, 0.6) is 6.01 Å². The first-order valence-electron chi connectivity index (χ1n) is 7.02. The van der Waals surface area contributed by atoms with E-state index in [1.54, 1.807) is 0 Å². The number of anilines is 2. The molecule has 112 valence electrons. The first-order chi connectivity index (χ1) is 10.1. The Bertz CT molecular complexity index is 606. The van der Waals surface area contributed by atoms with Gasteiger partial charge in [0, 0.05) is 12.2 Å². The van der Waals surface area contributed by atoms with Gasteiger partial charge in [0.2, 0.25) is 11.2 Å². The van der Waals surface area contributed by atoms with Crippen LogP contribution in [-0.4, -0.2) is 28.1 Å². The minimum Gasteiger partial charge on any atom is -0.463 e. The summed E-state index contributed by atoms with van der Waals surface area (Å²) >= 11 is 5.98. The zero-order valence-corrected chi connectivity index (χ0v) is 13.3. The molecule has 6 heteroatoms. The first-order valence-corrected chi connectivity index (χ1v) is 7.40. The summed E-state index contributed by atoms with van der Waals surface area (Å²) < 4.78 is 5.46. The Morgan fingerprint density at radius 3 is 2.67 bits per heavy atom. The summed E-state index contributed by atoms with van der Waals surface area (Å²) in [5, 5.41) is 0.136. The van der Waals surface area contributed by atoms with Crippen LogP contribution in [0.2, 0.25) is 5.28 Å². The first kappa shape index (κ1) is 15.5. The Morgan fingerprint density at radius 2 is 2.00 bits per heavy atom. The van der Waals surface area contributed by atoms with Crippen molar-refractivity contribution in [3.63, 3.8) is 0 Å². The van der Waals surface area contributed by atoms with Crippen LogP contribution >= 0.6 is 11.6 Å².